The van der Waals surface area contributed by atoms with E-state index in [2.05, 4.69) is 20.4 Å². The first kappa shape index (κ1) is 18.4. The summed E-state index contributed by atoms with van der Waals surface area (Å²) in [7, 11) is 3.26. The third-order valence-corrected chi connectivity index (χ3v) is 3.76. The van der Waals surface area contributed by atoms with Gasteiger partial charge in [0.15, 0.2) is 0 Å². The summed E-state index contributed by atoms with van der Waals surface area (Å²) in [6.07, 6.45) is 7.61. The van der Waals surface area contributed by atoms with Gasteiger partial charge in [-0.15, -0.1) is 6.58 Å². The van der Waals surface area contributed by atoms with Gasteiger partial charge in [-0.2, -0.15) is 0 Å². The first-order chi connectivity index (χ1) is 10.5. The second-order valence-electron chi connectivity index (χ2n) is 5.70. The predicted octanol–water partition coefficient (Wildman–Crippen LogP) is 2.76. The van der Waals surface area contributed by atoms with Crippen molar-refractivity contribution in [2.24, 2.45) is 15.9 Å². The Kier molecular flexibility index (Phi) is 7.32. The van der Waals surface area contributed by atoms with Crippen LogP contribution in [0.4, 0.5) is 0 Å². The van der Waals surface area contributed by atoms with Gasteiger partial charge in [0.2, 0.25) is 11.8 Å². The Hall–Kier alpha value is -1.62. The second-order valence-corrected chi connectivity index (χ2v) is 5.70. The molecule has 0 amide bonds. The van der Waals surface area contributed by atoms with E-state index in [0.717, 1.165) is 12.8 Å². The number of nitrogens with zero attached hydrogens (tertiary/aromatic N) is 2. The van der Waals surface area contributed by atoms with E-state index in [0.29, 0.717) is 18.2 Å². The molecule has 0 fully saturated rings. The van der Waals surface area contributed by atoms with E-state index in [1.54, 1.807) is 20.3 Å². The molecule has 22 heavy (non-hydrogen) atoms. The number of aliphatic hydroxyl groups excluding tert-OH is 1. The Labute approximate surface area is 133 Å². The largest absolute Gasteiger partial charge is 0.483 e. The van der Waals surface area contributed by atoms with Gasteiger partial charge in [0.25, 0.3) is 0 Å². The average Bonchev–Trinajstić information content (AvgIpc) is 2.52. The van der Waals surface area contributed by atoms with Crippen molar-refractivity contribution in [3.05, 3.63) is 24.8 Å². The first-order valence-corrected chi connectivity index (χ1v) is 7.67. The van der Waals surface area contributed by atoms with Gasteiger partial charge in [0.1, 0.15) is 11.6 Å². The maximum Gasteiger partial charge on any atom is 0.213 e. The molecule has 0 unspecified atom stereocenters. The van der Waals surface area contributed by atoms with Crippen molar-refractivity contribution in [2.45, 2.75) is 44.7 Å². The summed E-state index contributed by atoms with van der Waals surface area (Å²) in [5.41, 5.74) is -0.592. The minimum Gasteiger partial charge on any atom is -0.483 e. The number of allylic oxidation sites excluding steroid dienone is 1. The van der Waals surface area contributed by atoms with Gasteiger partial charge in [-0.05, 0) is 25.2 Å². The van der Waals surface area contributed by atoms with Crippen molar-refractivity contribution in [2.75, 3.05) is 20.8 Å². The summed E-state index contributed by atoms with van der Waals surface area (Å²) in [5.74, 6) is 1.53. The lowest BCUT2D eigenvalue weighted by Gasteiger charge is -2.35. The zero-order chi connectivity index (χ0) is 16.6. The van der Waals surface area contributed by atoms with Crippen LogP contribution in [0.25, 0.3) is 0 Å². The Morgan fingerprint density at radius 3 is 2.55 bits per heavy atom. The molecule has 1 aliphatic rings. The molecule has 2 atom stereocenters. The molecule has 1 N–H and O–H groups in total. The lowest BCUT2D eigenvalue weighted by Crippen LogP contribution is -2.46. The molecule has 0 aromatic carbocycles. The molecule has 124 valence electrons. The van der Waals surface area contributed by atoms with Gasteiger partial charge in [-0.3, -0.25) is 0 Å². The monoisotopic (exact) mass is 308 g/mol. The van der Waals surface area contributed by atoms with E-state index in [4.69, 9.17) is 24.6 Å². The fourth-order valence-electron chi connectivity index (χ4n) is 2.56. The van der Waals surface area contributed by atoms with Crippen molar-refractivity contribution in [3.63, 3.8) is 0 Å². The molecule has 0 aromatic heterocycles. The summed E-state index contributed by atoms with van der Waals surface area (Å²) in [6.45, 7) is 7.96. The first-order valence-electron chi connectivity index (χ1n) is 7.67. The number of aliphatic hydroxyl groups is 1. The smallest absolute Gasteiger partial charge is 0.213 e. The summed E-state index contributed by atoms with van der Waals surface area (Å²) in [6, 6.07) is -0.126. The van der Waals surface area contributed by atoms with E-state index in [-0.39, 0.29) is 18.6 Å². The number of hydrogen-bond donors (Lipinski definition) is 1. The van der Waals surface area contributed by atoms with Gasteiger partial charge < -0.3 is 14.6 Å². The fourth-order valence-corrected chi connectivity index (χ4v) is 2.56. The van der Waals surface area contributed by atoms with Crippen LogP contribution in [-0.4, -0.2) is 49.3 Å². The standard InChI is InChI=1S/C17H28N2O3/c1-6-7-10-17(11-8-9-12-20)16(22-5)18-14(13(2)3)15(19-17)21-4/h6,8-9,13-14,20H,1,7,10-12H2,2-5H3/t14-,17+/m1/s1. The highest BCUT2D eigenvalue weighted by Gasteiger charge is 2.42. The van der Waals surface area contributed by atoms with E-state index in [9.17, 15) is 0 Å². The maximum absolute atomic E-state index is 8.97. The third kappa shape index (κ3) is 4.19. The average molecular weight is 308 g/mol. The Morgan fingerprint density at radius 2 is 2.05 bits per heavy atom. The lowest BCUT2D eigenvalue weighted by molar-refractivity contribution is 0.297. The van der Waals surface area contributed by atoms with Crippen molar-refractivity contribution >= 4 is 11.8 Å². The zero-order valence-corrected chi connectivity index (χ0v) is 14.1. The van der Waals surface area contributed by atoms with Crippen LogP contribution in [0.15, 0.2) is 34.8 Å². The van der Waals surface area contributed by atoms with Crippen LogP contribution < -0.4 is 0 Å². The van der Waals surface area contributed by atoms with E-state index < -0.39 is 5.54 Å². The van der Waals surface area contributed by atoms with Crippen molar-refractivity contribution in [3.8, 4) is 0 Å². The molecule has 1 heterocycles. The summed E-state index contributed by atoms with van der Waals surface area (Å²) in [4.78, 5) is 9.60. The SMILES string of the molecule is C=CCC[C@@]1(CC=CCO)N=C(OC)[C@@H](C(C)C)N=C1OC. The van der Waals surface area contributed by atoms with Crippen LogP contribution in [0.5, 0.6) is 0 Å². The normalized spacial score (nSPS) is 25.1. The summed E-state index contributed by atoms with van der Waals surface area (Å²) < 4.78 is 11.1. The van der Waals surface area contributed by atoms with Gasteiger partial charge >= 0.3 is 0 Å². The topological polar surface area (TPSA) is 63.4 Å². The molecule has 0 aliphatic carbocycles. The quantitative estimate of drug-likeness (QED) is 0.736. The number of rotatable bonds is 7. The molecule has 1 aliphatic heterocycles. The second kappa shape index (κ2) is 8.73. The van der Waals surface area contributed by atoms with E-state index in [1.807, 2.05) is 12.2 Å². The Morgan fingerprint density at radius 1 is 1.32 bits per heavy atom. The molecule has 1 rings (SSSR count). The van der Waals surface area contributed by atoms with Crippen LogP contribution in [0, 0.1) is 5.92 Å². The predicted molar refractivity (Wildman–Crippen MR) is 90.5 cm³/mol. The molecular weight excluding hydrogens is 280 g/mol. The number of ether oxygens (including phenoxy) is 2. The minimum absolute atomic E-state index is 0.00641. The molecule has 0 saturated carbocycles. The molecule has 0 saturated heterocycles. The minimum atomic E-state index is -0.592. The van der Waals surface area contributed by atoms with Gasteiger partial charge in [-0.25, -0.2) is 9.98 Å². The zero-order valence-electron chi connectivity index (χ0n) is 14.1. The summed E-state index contributed by atoms with van der Waals surface area (Å²) in [5, 5.41) is 8.97. The fraction of sp³-hybridized carbons (Fsp3) is 0.647. The van der Waals surface area contributed by atoms with Crippen molar-refractivity contribution in [1.29, 1.82) is 0 Å². The number of methoxy groups -OCH3 is 2. The molecule has 0 bridgehead atoms. The molecule has 0 aromatic rings. The van der Waals surface area contributed by atoms with Crippen LogP contribution in [0.1, 0.15) is 33.1 Å². The molecule has 0 radical (unpaired) electrons. The number of hydrogen-bond acceptors (Lipinski definition) is 5. The lowest BCUT2D eigenvalue weighted by atomic mass is 9.87. The highest BCUT2D eigenvalue weighted by Crippen LogP contribution is 2.32. The third-order valence-electron chi connectivity index (χ3n) is 3.76. The highest BCUT2D eigenvalue weighted by molar-refractivity contribution is 5.97. The van der Waals surface area contributed by atoms with Crippen molar-refractivity contribution < 1.29 is 14.6 Å². The molecule has 5 nitrogen and oxygen atoms in total. The van der Waals surface area contributed by atoms with Gasteiger partial charge in [0, 0.05) is 0 Å². The van der Waals surface area contributed by atoms with Crippen LogP contribution in [-0.2, 0) is 9.47 Å². The van der Waals surface area contributed by atoms with Gasteiger partial charge in [-0.1, -0.05) is 32.1 Å². The maximum atomic E-state index is 8.97. The highest BCUT2D eigenvalue weighted by atomic mass is 16.5. The summed E-state index contributed by atoms with van der Waals surface area (Å²) >= 11 is 0. The van der Waals surface area contributed by atoms with Crippen LogP contribution in [0.2, 0.25) is 0 Å². The van der Waals surface area contributed by atoms with Crippen molar-refractivity contribution in [1.82, 2.24) is 0 Å². The molecule has 5 heteroatoms. The number of aliphatic imine (C=N–C) groups is 2. The molecule has 0 spiro atoms. The van der Waals surface area contributed by atoms with E-state index >= 15 is 0 Å². The Balaban J connectivity index is 3.24. The van der Waals surface area contributed by atoms with Crippen LogP contribution >= 0.6 is 0 Å². The van der Waals surface area contributed by atoms with Crippen LogP contribution in [0.3, 0.4) is 0 Å². The molecular formula is C17H28N2O3. The van der Waals surface area contributed by atoms with Gasteiger partial charge in [0.05, 0.1) is 20.8 Å². The Bertz CT molecular complexity index is 455. The van der Waals surface area contributed by atoms with E-state index in [1.165, 1.54) is 0 Å².